The smallest absolute Gasteiger partial charge is 0.122 e. The van der Waals surface area contributed by atoms with Crippen LogP contribution in [0.15, 0.2) is 18.2 Å². The van der Waals surface area contributed by atoms with Crippen LogP contribution < -0.4 is 10.1 Å². The van der Waals surface area contributed by atoms with Crippen LogP contribution >= 0.6 is 0 Å². The van der Waals surface area contributed by atoms with Crippen LogP contribution in [0, 0.1) is 23.2 Å². The molecular weight excluding hydrogens is 224 g/mol. The summed E-state index contributed by atoms with van der Waals surface area (Å²) in [7, 11) is 1.92. The molecule has 0 radical (unpaired) electrons. The summed E-state index contributed by atoms with van der Waals surface area (Å²) in [6.07, 6.45) is 0.971. The average molecular weight is 244 g/mol. The van der Waals surface area contributed by atoms with Crippen molar-refractivity contribution in [3.05, 3.63) is 29.3 Å². The zero-order valence-electron chi connectivity index (χ0n) is 11.2. The van der Waals surface area contributed by atoms with Crippen molar-refractivity contribution in [3.8, 4) is 11.8 Å². The molecule has 0 saturated carbocycles. The van der Waals surface area contributed by atoms with E-state index in [9.17, 15) is 5.26 Å². The molecule has 3 nitrogen and oxygen atoms in total. The van der Waals surface area contributed by atoms with Gasteiger partial charge in [-0.3, -0.25) is 0 Å². The molecule has 2 rings (SSSR count). The number of fused-ring (bicyclic) bond motifs is 1. The minimum atomic E-state index is -0.0182. The van der Waals surface area contributed by atoms with Gasteiger partial charge < -0.3 is 10.1 Å². The Morgan fingerprint density at radius 2 is 2.17 bits per heavy atom. The van der Waals surface area contributed by atoms with E-state index in [0.29, 0.717) is 5.92 Å². The number of nitriles is 1. The van der Waals surface area contributed by atoms with E-state index in [0.717, 1.165) is 18.8 Å². The quantitative estimate of drug-likeness (QED) is 0.885. The fourth-order valence-corrected chi connectivity index (χ4v) is 2.56. The van der Waals surface area contributed by atoms with Crippen molar-refractivity contribution in [1.29, 1.82) is 5.26 Å². The molecular formula is C15H20N2O. The fraction of sp³-hybridized carbons (Fsp3) is 0.533. The molecule has 0 fully saturated rings. The van der Waals surface area contributed by atoms with Gasteiger partial charge in [-0.2, -0.15) is 5.26 Å². The molecule has 0 amide bonds. The number of benzene rings is 1. The van der Waals surface area contributed by atoms with Gasteiger partial charge in [0.15, 0.2) is 0 Å². The summed E-state index contributed by atoms with van der Waals surface area (Å²) in [4.78, 5) is 0. The lowest BCUT2D eigenvalue weighted by Gasteiger charge is -2.25. The zero-order valence-corrected chi connectivity index (χ0v) is 11.2. The molecule has 1 heterocycles. The number of nitrogens with one attached hydrogen (secondary N) is 1. The molecule has 0 spiro atoms. The zero-order chi connectivity index (χ0) is 13.1. The molecule has 0 aliphatic carbocycles. The van der Waals surface area contributed by atoms with E-state index in [2.05, 4.69) is 37.4 Å². The molecule has 2 atom stereocenters. The molecule has 18 heavy (non-hydrogen) atoms. The second-order valence-electron chi connectivity index (χ2n) is 5.13. The Morgan fingerprint density at radius 3 is 2.78 bits per heavy atom. The third kappa shape index (κ3) is 2.34. The van der Waals surface area contributed by atoms with Crippen molar-refractivity contribution in [2.75, 3.05) is 13.7 Å². The van der Waals surface area contributed by atoms with Crippen LogP contribution in [0.3, 0.4) is 0 Å². The summed E-state index contributed by atoms with van der Waals surface area (Å²) in [6, 6.07) is 8.78. The lowest BCUT2D eigenvalue weighted by molar-refractivity contribution is 0.355. The Morgan fingerprint density at radius 1 is 1.39 bits per heavy atom. The van der Waals surface area contributed by atoms with Gasteiger partial charge in [-0.15, -0.1) is 0 Å². The molecule has 0 saturated heterocycles. The number of ether oxygens (including phenoxy) is 1. The third-order valence-corrected chi connectivity index (χ3v) is 3.61. The monoisotopic (exact) mass is 244 g/mol. The van der Waals surface area contributed by atoms with Crippen molar-refractivity contribution in [2.45, 2.75) is 26.3 Å². The second kappa shape index (κ2) is 5.41. The second-order valence-corrected chi connectivity index (χ2v) is 5.13. The first-order chi connectivity index (χ1) is 8.67. The van der Waals surface area contributed by atoms with Crippen LogP contribution in [0.1, 0.15) is 31.0 Å². The summed E-state index contributed by atoms with van der Waals surface area (Å²) in [6.45, 7) is 4.96. The molecule has 0 aromatic heterocycles. The Balaban J connectivity index is 2.30. The summed E-state index contributed by atoms with van der Waals surface area (Å²) in [5.74, 6) is 1.30. The van der Waals surface area contributed by atoms with Crippen molar-refractivity contribution >= 4 is 0 Å². The highest BCUT2D eigenvalue weighted by Gasteiger charge is 2.25. The minimum Gasteiger partial charge on any atom is -0.493 e. The van der Waals surface area contributed by atoms with Crippen LogP contribution in [-0.4, -0.2) is 13.7 Å². The number of rotatable bonds is 4. The predicted molar refractivity (Wildman–Crippen MR) is 71.4 cm³/mol. The van der Waals surface area contributed by atoms with Gasteiger partial charge in [0.2, 0.25) is 0 Å². The van der Waals surface area contributed by atoms with Gasteiger partial charge in [-0.05, 0) is 30.2 Å². The number of hydrogen-bond donors (Lipinski definition) is 1. The molecule has 1 aromatic carbocycles. The first kappa shape index (κ1) is 12.9. The number of nitrogens with zero attached hydrogens (tertiary/aromatic N) is 1. The van der Waals surface area contributed by atoms with E-state index in [-0.39, 0.29) is 12.0 Å². The maximum absolute atomic E-state index is 9.34. The molecule has 2 unspecified atom stereocenters. The maximum atomic E-state index is 9.34. The van der Waals surface area contributed by atoms with Crippen LogP contribution in [0.5, 0.6) is 5.75 Å². The Hall–Kier alpha value is -1.53. The Kier molecular flexibility index (Phi) is 3.88. The maximum Gasteiger partial charge on any atom is 0.122 e. The van der Waals surface area contributed by atoms with Crippen LogP contribution in [-0.2, 0) is 6.42 Å². The van der Waals surface area contributed by atoms with E-state index in [4.69, 9.17) is 4.74 Å². The van der Waals surface area contributed by atoms with E-state index in [1.165, 1.54) is 11.1 Å². The Bertz CT molecular complexity index is 462. The molecule has 96 valence electrons. The first-order valence-corrected chi connectivity index (χ1v) is 6.50. The van der Waals surface area contributed by atoms with Crippen molar-refractivity contribution in [3.63, 3.8) is 0 Å². The van der Waals surface area contributed by atoms with Gasteiger partial charge in [-0.25, -0.2) is 0 Å². The SMILES string of the molecule is CNC(c1ccc2c(c1)CCO2)C(C#N)C(C)C. The normalized spacial score (nSPS) is 16.8. The van der Waals surface area contributed by atoms with Gasteiger partial charge in [0, 0.05) is 12.5 Å². The molecule has 0 bridgehead atoms. The van der Waals surface area contributed by atoms with Crippen molar-refractivity contribution < 1.29 is 4.74 Å². The van der Waals surface area contributed by atoms with Crippen molar-refractivity contribution in [2.24, 2.45) is 11.8 Å². The standard InChI is InChI=1S/C15H20N2O/c1-10(2)13(9-16)15(17-3)12-4-5-14-11(8-12)6-7-18-14/h4-5,8,10,13,15,17H,6-7H2,1-3H3. The third-order valence-electron chi connectivity index (χ3n) is 3.61. The molecule has 3 heteroatoms. The lowest BCUT2D eigenvalue weighted by Crippen LogP contribution is -2.27. The van der Waals surface area contributed by atoms with Crippen LogP contribution in [0.2, 0.25) is 0 Å². The summed E-state index contributed by atoms with van der Waals surface area (Å²) < 4.78 is 5.52. The van der Waals surface area contributed by atoms with Gasteiger partial charge >= 0.3 is 0 Å². The summed E-state index contributed by atoms with van der Waals surface area (Å²) >= 11 is 0. The van der Waals surface area contributed by atoms with Crippen molar-refractivity contribution in [1.82, 2.24) is 5.32 Å². The molecule has 1 aliphatic rings. The van der Waals surface area contributed by atoms with E-state index in [1.54, 1.807) is 0 Å². The molecule has 1 aliphatic heterocycles. The lowest BCUT2D eigenvalue weighted by atomic mass is 9.85. The highest BCUT2D eigenvalue weighted by atomic mass is 16.5. The average Bonchev–Trinajstić information content (AvgIpc) is 2.82. The largest absolute Gasteiger partial charge is 0.493 e. The predicted octanol–water partition coefficient (Wildman–Crippen LogP) is 2.68. The minimum absolute atomic E-state index is 0.0182. The highest BCUT2D eigenvalue weighted by Crippen LogP contribution is 2.32. The molecule has 1 N–H and O–H groups in total. The fourth-order valence-electron chi connectivity index (χ4n) is 2.56. The summed E-state index contributed by atoms with van der Waals surface area (Å²) in [5.41, 5.74) is 2.44. The summed E-state index contributed by atoms with van der Waals surface area (Å²) in [5, 5.41) is 12.6. The van der Waals surface area contributed by atoms with Crippen LogP contribution in [0.25, 0.3) is 0 Å². The van der Waals surface area contributed by atoms with Gasteiger partial charge in [-0.1, -0.05) is 26.0 Å². The van der Waals surface area contributed by atoms with Crippen LogP contribution in [0.4, 0.5) is 0 Å². The highest BCUT2D eigenvalue weighted by molar-refractivity contribution is 5.41. The van der Waals surface area contributed by atoms with Gasteiger partial charge in [0.05, 0.1) is 18.6 Å². The Labute approximate surface area is 109 Å². The molecule has 1 aromatic rings. The first-order valence-electron chi connectivity index (χ1n) is 6.50. The van der Waals surface area contributed by atoms with Gasteiger partial charge in [0.1, 0.15) is 5.75 Å². The van der Waals surface area contributed by atoms with E-state index < -0.39 is 0 Å². The van der Waals surface area contributed by atoms with Gasteiger partial charge in [0.25, 0.3) is 0 Å². The number of hydrogen-bond acceptors (Lipinski definition) is 3. The topological polar surface area (TPSA) is 45.0 Å². The van der Waals surface area contributed by atoms with E-state index >= 15 is 0 Å². The van der Waals surface area contributed by atoms with E-state index in [1.807, 2.05) is 13.1 Å².